The molecule has 0 amide bonds. The summed E-state index contributed by atoms with van der Waals surface area (Å²) in [7, 11) is 0.371. The van der Waals surface area contributed by atoms with E-state index in [4.69, 9.17) is 9.47 Å². The molecule has 0 aliphatic rings. The Labute approximate surface area is 184 Å². The van der Waals surface area contributed by atoms with Gasteiger partial charge in [0, 0.05) is 31.9 Å². The number of fused-ring (bicyclic) bond motifs is 1. The summed E-state index contributed by atoms with van der Waals surface area (Å²) in [5.41, 5.74) is 3.35. The van der Waals surface area contributed by atoms with Crippen LogP contribution in [-0.4, -0.2) is 45.0 Å². The molecule has 2 aromatic heterocycles. The van der Waals surface area contributed by atoms with Crippen LogP contribution in [0.15, 0.2) is 41.7 Å². The van der Waals surface area contributed by atoms with E-state index in [2.05, 4.69) is 15.0 Å². The summed E-state index contributed by atoms with van der Waals surface area (Å²) in [4.78, 5) is 11.9. The molecule has 0 radical (unpaired) electrons. The number of hydrogen-bond acceptors (Lipinski definition) is 5. The van der Waals surface area contributed by atoms with Gasteiger partial charge in [-0.05, 0) is 25.1 Å². The minimum atomic E-state index is -1.30. The summed E-state index contributed by atoms with van der Waals surface area (Å²) in [6, 6.07) is 9.47. The second-order valence-electron chi connectivity index (χ2n) is 5.62. The summed E-state index contributed by atoms with van der Waals surface area (Å²) in [6.45, 7) is 3.17. The Bertz CT molecular complexity index is 861. The molecule has 0 aliphatic heterocycles. The maximum absolute atomic E-state index is 12.7. The van der Waals surface area contributed by atoms with Crippen molar-refractivity contribution < 1.29 is 50.1 Å². The van der Waals surface area contributed by atoms with Crippen LogP contribution in [0.3, 0.4) is 0 Å². The minimum Gasteiger partial charge on any atom is -1.00 e. The van der Waals surface area contributed by atoms with Crippen LogP contribution in [0.5, 0.6) is 5.75 Å². The molecule has 0 fully saturated rings. The first-order valence-electron chi connectivity index (χ1n) is 8.08. The van der Waals surface area contributed by atoms with E-state index in [-0.39, 0.29) is 36.5 Å². The number of benzene rings is 1. The molecule has 7 nitrogen and oxygen atoms in total. The van der Waals surface area contributed by atoms with Crippen LogP contribution in [0.4, 0.5) is 0 Å². The number of nitrogens with one attached hydrogen (secondary N) is 1. The number of aromatic nitrogens is 3. The summed E-state index contributed by atoms with van der Waals surface area (Å²) in [5, 5.41) is 0.466. The third-order valence-electron chi connectivity index (χ3n) is 3.86. The van der Waals surface area contributed by atoms with Crippen molar-refractivity contribution in [3.63, 3.8) is 0 Å². The number of ether oxygens (including phenoxy) is 2. The molecular formula is C18H24N3NaO4S. The van der Waals surface area contributed by atoms with Gasteiger partial charge in [0.05, 0.1) is 39.9 Å². The average molecular weight is 401 g/mol. The first kappa shape index (κ1) is 23.7. The Morgan fingerprint density at radius 3 is 2.74 bits per heavy atom. The maximum atomic E-state index is 12.7. The molecule has 27 heavy (non-hydrogen) atoms. The zero-order valence-corrected chi connectivity index (χ0v) is 18.6. The summed E-state index contributed by atoms with van der Waals surface area (Å²) in [6.07, 6.45) is 2.50. The topological polar surface area (TPSA) is 109 Å². The van der Waals surface area contributed by atoms with Crippen LogP contribution < -0.4 is 34.3 Å². The molecule has 1 aromatic carbocycles. The third kappa shape index (κ3) is 6.10. The molecule has 2 heterocycles. The van der Waals surface area contributed by atoms with Crippen LogP contribution in [0.1, 0.15) is 19.1 Å². The van der Waals surface area contributed by atoms with Gasteiger partial charge in [-0.2, -0.15) is 0 Å². The maximum Gasteiger partial charge on any atom is 1.00 e. The normalized spacial score (nSPS) is 11.5. The molecule has 1 unspecified atom stereocenters. The monoisotopic (exact) mass is 401 g/mol. The number of para-hydroxylation sites is 2. The summed E-state index contributed by atoms with van der Waals surface area (Å²) < 4.78 is 23.5. The largest absolute Gasteiger partial charge is 1.00 e. The Kier molecular flexibility index (Phi) is 10.1. The van der Waals surface area contributed by atoms with Gasteiger partial charge in [-0.15, -0.1) is 0 Å². The molecule has 0 bridgehead atoms. The predicted octanol–water partition coefficient (Wildman–Crippen LogP) is -0.719. The number of methoxy groups -OCH3 is 1. The number of H-pyrrole nitrogens is 1. The van der Waals surface area contributed by atoms with Gasteiger partial charge in [0.25, 0.3) is 0 Å². The van der Waals surface area contributed by atoms with Crippen molar-refractivity contribution in [1.29, 1.82) is 0 Å². The Morgan fingerprint density at radius 2 is 2.00 bits per heavy atom. The van der Waals surface area contributed by atoms with Crippen molar-refractivity contribution in [3.05, 3.63) is 47.8 Å². The quantitative estimate of drug-likeness (QED) is 0.396. The molecule has 0 saturated carbocycles. The molecule has 1 atom stereocenters. The Balaban J connectivity index is 0.00000243. The van der Waals surface area contributed by atoms with Gasteiger partial charge in [0.15, 0.2) is 5.16 Å². The fraction of sp³-hybridized carbons (Fsp3) is 0.333. The Hall–Kier alpha value is -1.29. The number of rotatable bonds is 8. The van der Waals surface area contributed by atoms with Gasteiger partial charge in [-0.25, -0.2) is 4.98 Å². The van der Waals surface area contributed by atoms with E-state index in [1.165, 1.54) is 0 Å². The van der Waals surface area contributed by atoms with E-state index in [0.29, 0.717) is 24.1 Å². The first-order chi connectivity index (χ1) is 12.2. The minimum absolute atomic E-state index is 0. The molecule has 3 N–H and O–H groups in total. The van der Waals surface area contributed by atoms with Crippen molar-refractivity contribution in [1.82, 2.24) is 15.0 Å². The zero-order chi connectivity index (χ0) is 17.6. The van der Waals surface area contributed by atoms with E-state index < -0.39 is 10.8 Å². The smallest absolute Gasteiger partial charge is 1.00 e. The SMILES string of the molecule is COCCCOc1ccnc(CS(=O)c2nc3ccccc3[nH]2)c1C.O.[H-].[Na+]. The van der Waals surface area contributed by atoms with Crippen LogP contribution >= 0.6 is 0 Å². The van der Waals surface area contributed by atoms with Crippen molar-refractivity contribution in [2.45, 2.75) is 24.3 Å². The second kappa shape index (κ2) is 11.5. The standard InChI is InChI=1S/C18H21N3O3S.Na.H2O.H/c1-13-16(19-9-8-17(13)24-11-5-10-23-2)12-25(22)18-20-14-6-3-4-7-15(14)21-18;;;/h3-4,6-9H,5,10-12H2,1-2H3,(H,20,21);;1H2;/q;+1;;-1. The molecule has 9 heteroatoms. The van der Waals surface area contributed by atoms with Crippen molar-refractivity contribution in [3.8, 4) is 5.75 Å². The van der Waals surface area contributed by atoms with Gasteiger partial charge >= 0.3 is 29.6 Å². The first-order valence-corrected chi connectivity index (χ1v) is 9.40. The van der Waals surface area contributed by atoms with Crippen LogP contribution in [0.25, 0.3) is 11.0 Å². The van der Waals surface area contributed by atoms with Crippen LogP contribution in [-0.2, 0) is 21.3 Å². The summed E-state index contributed by atoms with van der Waals surface area (Å²) >= 11 is 0. The molecule has 0 saturated heterocycles. The second-order valence-corrected chi connectivity index (χ2v) is 6.99. The van der Waals surface area contributed by atoms with Crippen LogP contribution in [0.2, 0.25) is 0 Å². The number of aromatic amines is 1. The fourth-order valence-corrected chi connectivity index (χ4v) is 3.58. The molecule has 0 aliphatic carbocycles. The van der Waals surface area contributed by atoms with E-state index in [1.807, 2.05) is 37.3 Å². The van der Waals surface area contributed by atoms with E-state index in [1.54, 1.807) is 13.3 Å². The van der Waals surface area contributed by atoms with E-state index >= 15 is 0 Å². The van der Waals surface area contributed by atoms with Gasteiger partial charge in [0.2, 0.25) is 0 Å². The average Bonchev–Trinajstić information content (AvgIpc) is 3.06. The summed E-state index contributed by atoms with van der Waals surface area (Å²) in [5.74, 6) is 1.06. The zero-order valence-electron chi connectivity index (χ0n) is 16.8. The van der Waals surface area contributed by atoms with Gasteiger partial charge in [-0.3, -0.25) is 9.19 Å². The molecule has 3 aromatic rings. The number of imidazole rings is 1. The van der Waals surface area contributed by atoms with Crippen molar-refractivity contribution >= 4 is 21.8 Å². The number of hydrogen-bond donors (Lipinski definition) is 1. The number of pyridine rings is 1. The Morgan fingerprint density at radius 1 is 1.22 bits per heavy atom. The van der Waals surface area contributed by atoms with Crippen molar-refractivity contribution in [2.75, 3.05) is 20.3 Å². The predicted molar refractivity (Wildman–Crippen MR) is 102 cm³/mol. The molecular weight excluding hydrogens is 377 g/mol. The molecule has 0 spiro atoms. The van der Waals surface area contributed by atoms with E-state index in [0.717, 1.165) is 34.5 Å². The fourth-order valence-electron chi connectivity index (χ4n) is 2.48. The third-order valence-corrected chi connectivity index (χ3v) is 5.02. The van der Waals surface area contributed by atoms with E-state index in [9.17, 15) is 4.21 Å². The molecule has 3 rings (SSSR count). The van der Waals surface area contributed by atoms with Gasteiger partial charge in [-0.1, -0.05) is 12.1 Å². The van der Waals surface area contributed by atoms with Crippen LogP contribution in [0, 0.1) is 6.92 Å². The van der Waals surface area contributed by atoms with Crippen molar-refractivity contribution in [2.24, 2.45) is 0 Å². The van der Waals surface area contributed by atoms with Gasteiger partial charge < -0.3 is 21.4 Å². The molecule has 142 valence electrons. The van der Waals surface area contributed by atoms with Gasteiger partial charge in [0.1, 0.15) is 5.75 Å². The number of nitrogens with zero attached hydrogens (tertiary/aromatic N) is 2.